The quantitative estimate of drug-likeness (QED) is 0.416. The number of nitrogens with zero attached hydrogens (tertiary/aromatic N) is 2. The van der Waals surface area contributed by atoms with Gasteiger partial charge in [0.2, 0.25) is 0 Å². The molecule has 0 radical (unpaired) electrons. The number of nitro benzene ring substituents is 1. The van der Waals surface area contributed by atoms with Gasteiger partial charge in [0.15, 0.2) is 0 Å². The zero-order valence-corrected chi connectivity index (χ0v) is 12.9. The fraction of sp³-hybridized carbons (Fsp3) is 0.133. The van der Waals surface area contributed by atoms with E-state index >= 15 is 0 Å². The minimum atomic E-state index is -0.468. The van der Waals surface area contributed by atoms with Gasteiger partial charge >= 0.3 is 126 Å². The molecule has 0 bridgehead atoms. The fourth-order valence-electron chi connectivity index (χ4n) is 2.27. The first-order valence-electron chi connectivity index (χ1n) is 6.43. The molecule has 5 nitrogen and oxygen atoms in total. The molecule has 0 aliphatic heterocycles. The Morgan fingerprint density at radius 3 is 2.57 bits per heavy atom. The summed E-state index contributed by atoms with van der Waals surface area (Å²) >= 11 is -0.142. The van der Waals surface area contributed by atoms with Crippen molar-refractivity contribution in [3.8, 4) is 0 Å². The summed E-state index contributed by atoms with van der Waals surface area (Å²) in [4.78, 5) is 22.9. The molecule has 6 heteroatoms. The van der Waals surface area contributed by atoms with Gasteiger partial charge in [0.05, 0.1) is 0 Å². The van der Waals surface area contributed by atoms with Crippen molar-refractivity contribution in [3.05, 3.63) is 74.6 Å². The van der Waals surface area contributed by atoms with Crippen LogP contribution in [0.5, 0.6) is 0 Å². The average Bonchev–Trinajstić information content (AvgIpc) is 2.84. The van der Waals surface area contributed by atoms with E-state index in [-0.39, 0.29) is 32.0 Å². The summed E-state index contributed by atoms with van der Waals surface area (Å²) in [5.41, 5.74) is 0.909. The van der Waals surface area contributed by atoms with E-state index in [4.69, 9.17) is 0 Å². The zero-order chi connectivity index (χ0) is 15.0. The monoisotopic (exact) mass is 348 g/mol. The van der Waals surface area contributed by atoms with Crippen LogP contribution in [-0.4, -0.2) is 23.2 Å². The molecule has 2 aromatic carbocycles. The van der Waals surface area contributed by atoms with Crippen LogP contribution in [0.1, 0.15) is 18.5 Å². The third-order valence-electron chi connectivity index (χ3n) is 3.43. The van der Waals surface area contributed by atoms with Crippen LogP contribution in [0.25, 0.3) is 9.65 Å². The Hall–Kier alpha value is -2.17. The van der Waals surface area contributed by atoms with Gasteiger partial charge in [-0.1, -0.05) is 0 Å². The fourth-order valence-corrected chi connectivity index (χ4v) is 4.46. The predicted octanol–water partition coefficient (Wildman–Crippen LogP) is 2.58. The van der Waals surface area contributed by atoms with Gasteiger partial charge < -0.3 is 0 Å². The Labute approximate surface area is 126 Å². The summed E-state index contributed by atoms with van der Waals surface area (Å²) in [5.74, 6) is 0. The van der Waals surface area contributed by atoms with Gasteiger partial charge in [-0.3, -0.25) is 0 Å². The second-order valence-corrected chi connectivity index (χ2v) is 6.88. The van der Waals surface area contributed by atoms with Crippen LogP contribution in [-0.2, 0) is 0 Å². The van der Waals surface area contributed by atoms with E-state index in [1.807, 2.05) is 37.3 Å². The van der Waals surface area contributed by atoms with Crippen LogP contribution < -0.4 is 5.56 Å². The minimum absolute atomic E-state index is 0.0351. The van der Waals surface area contributed by atoms with Crippen molar-refractivity contribution in [1.82, 2.24) is 3.56 Å². The Morgan fingerprint density at radius 2 is 1.90 bits per heavy atom. The topological polar surface area (TPSA) is 65.1 Å². The third-order valence-corrected chi connectivity index (χ3v) is 6.02. The number of non-ortho nitro benzene ring substituents is 1. The SMILES string of the molecule is CC(c1ccccc1)n1[se]c2ccc([N+](=O)[O-])cc2c1=O. The summed E-state index contributed by atoms with van der Waals surface area (Å²) in [6.07, 6.45) is 0. The van der Waals surface area contributed by atoms with Crippen LogP contribution in [0.2, 0.25) is 0 Å². The van der Waals surface area contributed by atoms with Gasteiger partial charge in [0.25, 0.3) is 0 Å². The maximum atomic E-state index is 12.5. The van der Waals surface area contributed by atoms with E-state index in [1.54, 1.807) is 9.63 Å². The zero-order valence-electron chi connectivity index (χ0n) is 11.2. The summed E-state index contributed by atoms with van der Waals surface area (Å²) in [6.45, 7) is 1.98. The molecule has 3 rings (SSSR count). The van der Waals surface area contributed by atoms with Crippen LogP contribution in [0.4, 0.5) is 5.69 Å². The summed E-state index contributed by atoms with van der Waals surface area (Å²) in [6, 6.07) is 14.3. The van der Waals surface area contributed by atoms with Gasteiger partial charge in [0, 0.05) is 0 Å². The number of rotatable bonds is 3. The molecule has 0 aliphatic carbocycles. The first-order chi connectivity index (χ1) is 10.1. The number of hydrogen-bond acceptors (Lipinski definition) is 3. The van der Waals surface area contributed by atoms with Crippen molar-refractivity contribution in [2.45, 2.75) is 13.0 Å². The van der Waals surface area contributed by atoms with Gasteiger partial charge in [-0.05, 0) is 0 Å². The molecule has 21 heavy (non-hydrogen) atoms. The second kappa shape index (κ2) is 5.31. The summed E-state index contributed by atoms with van der Waals surface area (Å²) in [7, 11) is 0. The number of aromatic nitrogens is 1. The van der Waals surface area contributed by atoms with E-state index in [0.717, 1.165) is 9.82 Å². The predicted molar refractivity (Wildman–Crippen MR) is 82.1 cm³/mol. The van der Waals surface area contributed by atoms with Crippen LogP contribution in [0.15, 0.2) is 53.3 Å². The number of benzene rings is 2. The first-order valence-corrected chi connectivity index (χ1v) is 8.05. The van der Waals surface area contributed by atoms with E-state index in [2.05, 4.69) is 0 Å². The molecule has 0 N–H and O–H groups in total. The van der Waals surface area contributed by atoms with Crippen molar-refractivity contribution in [2.24, 2.45) is 0 Å². The van der Waals surface area contributed by atoms with E-state index < -0.39 is 4.92 Å². The number of fused-ring (bicyclic) bond motifs is 1. The first kappa shape index (κ1) is 13.8. The molecule has 1 heterocycles. The van der Waals surface area contributed by atoms with Gasteiger partial charge in [-0.25, -0.2) is 0 Å². The molecule has 0 fully saturated rings. The van der Waals surface area contributed by atoms with Crippen molar-refractivity contribution in [2.75, 3.05) is 0 Å². The average molecular weight is 347 g/mol. The van der Waals surface area contributed by atoms with E-state index in [9.17, 15) is 14.9 Å². The van der Waals surface area contributed by atoms with Crippen molar-refractivity contribution >= 4 is 30.1 Å². The molecular formula is C15H12N2O3Se. The van der Waals surface area contributed by atoms with Gasteiger partial charge in [-0.2, -0.15) is 0 Å². The number of nitro groups is 1. The Bertz CT molecular complexity index is 868. The maximum absolute atomic E-state index is 12.5. The molecule has 0 saturated heterocycles. The molecule has 1 atom stereocenters. The van der Waals surface area contributed by atoms with Crippen LogP contribution >= 0.6 is 0 Å². The van der Waals surface area contributed by atoms with Crippen molar-refractivity contribution < 1.29 is 4.92 Å². The second-order valence-electron chi connectivity index (χ2n) is 4.75. The summed E-state index contributed by atoms with van der Waals surface area (Å²) < 4.78 is 2.71. The normalized spacial score (nSPS) is 12.4. The standard InChI is InChI=1S/C15H12N2O3Se/c1-10(11-5-3-2-4-6-11)16-15(18)13-9-12(17(19)20)7-8-14(13)21-16/h2-10H,1H3. The van der Waals surface area contributed by atoms with Gasteiger partial charge in [0.1, 0.15) is 0 Å². The molecule has 106 valence electrons. The Kier molecular flexibility index (Phi) is 3.49. The Morgan fingerprint density at radius 1 is 1.19 bits per heavy atom. The molecule has 0 aliphatic rings. The molecule has 1 aromatic heterocycles. The molecule has 1 unspecified atom stereocenters. The van der Waals surface area contributed by atoms with Crippen LogP contribution in [0.3, 0.4) is 0 Å². The van der Waals surface area contributed by atoms with E-state index in [0.29, 0.717) is 5.39 Å². The van der Waals surface area contributed by atoms with Crippen molar-refractivity contribution in [1.29, 1.82) is 0 Å². The third kappa shape index (κ3) is 2.44. The molecule has 3 aromatic rings. The van der Waals surface area contributed by atoms with Gasteiger partial charge in [-0.15, -0.1) is 0 Å². The molecule has 0 spiro atoms. The molecule has 0 saturated carbocycles. The van der Waals surface area contributed by atoms with Crippen molar-refractivity contribution in [3.63, 3.8) is 0 Å². The Balaban J connectivity index is 2.14. The number of hydrogen-bond donors (Lipinski definition) is 0. The summed E-state index contributed by atoms with van der Waals surface area (Å²) in [5, 5.41) is 11.3. The van der Waals surface area contributed by atoms with Crippen LogP contribution in [0, 0.1) is 10.1 Å². The van der Waals surface area contributed by atoms with E-state index in [1.165, 1.54) is 12.1 Å². The molecule has 0 amide bonds. The molecular weight excluding hydrogens is 335 g/mol.